The first-order valence-electron chi connectivity index (χ1n) is 7.66. The minimum Gasteiger partial charge on any atom is -0.316 e. The third-order valence-corrected chi connectivity index (χ3v) is 8.04. The average Bonchev–Trinajstić information content (AvgIpc) is 2.40. The van der Waals surface area contributed by atoms with Crippen LogP contribution < -0.4 is 5.32 Å². The molecule has 1 nitrogen and oxygen atoms in total. The van der Waals surface area contributed by atoms with Crippen molar-refractivity contribution in [2.24, 2.45) is 11.8 Å². The summed E-state index contributed by atoms with van der Waals surface area (Å²) < 4.78 is 0. The van der Waals surface area contributed by atoms with Crippen molar-refractivity contribution in [3.8, 4) is 0 Å². The average molecular weight is 288 g/mol. The van der Waals surface area contributed by atoms with E-state index in [2.05, 4.69) is 49.7 Å². The molecule has 3 heteroatoms. The van der Waals surface area contributed by atoms with Crippen molar-refractivity contribution in [2.75, 3.05) is 18.6 Å². The van der Waals surface area contributed by atoms with E-state index in [-0.39, 0.29) is 0 Å². The molecule has 0 bridgehead atoms. The van der Waals surface area contributed by atoms with Crippen LogP contribution in [0.25, 0.3) is 0 Å². The third kappa shape index (κ3) is 3.61. The summed E-state index contributed by atoms with van der Waals surface area (Å²) in [5, 5.41) is 5.41. The second-order valence-electron chi connectivity index (χ2n) is 6.00. The third-order valence-electron chi connectivity index (χ3n) is 4.67. The maximum Gasteiger partial charge on any atom is 0.0322 e. The van der Waals surface area contributed by atoms with Gasteiger partial charge in [-0.15, -0.1) is 0 Å². The fraction of sp³-hybridized carbons (Fsp3) is 1.00. The van der Waals surface area contributed by atoms with E-state index < -0.39 is 0 Å². The van der Waals surface area contributed by atoms with Gasteiger partial charge in [-0.25, -0.2) is 0 Å². The molecule has 1 aliphatic carbocycles. The lowest BCUT2D eigenvalue weighted by Gasteiger charge is -2.42. The van der Waals surface area contributed by atoms with Crippen LogP contribution in [0, 0.1) is 11.8 Å². The molecule has 106 valence electrons. The van der Waals surface area contributed by atoms with Crippen molar-refractivity contribution >= 4 is 23.5 Å². The molecular weight excluding hydrogens is 258 g/mol. The molecule has 5 unspecified atom stereocenters. The fourth-order valence-corrected chi connectivity index (χ4v) is 7.13. The van der Waals surface area contributed by atoms with Gasteiger partial charge in [0.15, 0.2) is 0 Å². The van der Waals surface area contributed by atoms with Gasteiger partial charge in [0, 0.05) is 28.0 Å². The SMILES string of the molecule is CCC1SCCSC1C(NC)C1CCCC(C)C1. The molecule has 1 heterocycles. The summed E-state index contributed by atoms with van der Waals surface area (Å²) >= 11 is 4.46. The molecule has 2 rings (SSSR count). The number of thioether (sulfide) groups is 2. The molecule has 0 amide bonds. The molecule has 1 N–H and O–H groups in total. The van der Waals surface area contributed by atoms with E-state index in [9.17, 15) is 0 Å². The van der Waals surface area contributed by atoms with E-state index in [0.29, 0.717) is 0 Å². The van der Waals surface area contributed by atoms with E-state index in [1.807, 2.05) is 0 Å². The molecule has 1 saturated carbocycles. The Hall–Kier alpha value is 0.660. The largest absolute Gasteiger partial charge is 0.316 e. The van der Waals surface area contributed by atoms with Crippen molar-refractivity contribution in [1.82, 2.24) is 5.32 Å². The van der Waals surface area contributed by atoms with Gasteiger partial charge >= 0.3 is 0 Å². The highest BCUT2D eigenvalue weighted by molar-refractivity contribution is 8.07. The minimum absolute atomic E-state index is 0.746. The molecule has 1 saturated heterocycles. The van der Waals surface area contributed by atoms with Crippen LogP contribution in [0.5, 0.6) is 0 Å². The Morgan fingerprint density at radius 2 is 2.00 bits per heavy atom. The van der Waals surface area contributed by atoms with Crippen molar-refractivity contribution in [1.29, 1.82) is 0 Å². The molecule has 0 aromatic heterocycles. The number of hydrogen-bond acceptors (Lipinski definition) is 3. The number of nitrogens with one attached hydrogen (secondary N) is 1. The molecule has 0 aromatic rings. The summed E-state index contributed by atoms with van der Waals surface area (Å²) in [5.74, 6) is 4.58. The Balaban J connectivity index is 2.01. The van der Waals surface area contributed by atoms with Gasteiger partial charge in [0.2, 0.25) is 0 Å². The van der Waals surface area contributed by atoms with E-state index >= 15 is 0 Å². The Kier molecular flexibility index (Phi) is 6.23. The van der Waals surface area contributed by atoms with Crippen molar-refractivity contribution in [3.63, 3.8) is 0 Å². The van der Waals surface area contributed by atoms with Crippen LogP contribution in [0.4, 0.5) is 0 Å². The van der Waals surface area contributed by atoms with E-state index in [1.165, 1.54) is 43.6 Å². The van der Waals surface area contributed by atoms with E-state index in [0.717, 1.165) is 28.4 Å². The fourth-order valence-electron chi connectivity index (χ4n) is 3.75. The first-order valence-corrected chi connectivity index (χ1v) is 9.76. The predicted molar refractivity (Wildman–Crippen MR) is 86.8 cm³/mol. The molecule has 0 radical (unpaired) electrons. The second kappa shape index (κ2) is 7.44. The van der Waals surface area contributed by atoms with Gasteiger partial charge in [0.1, 0.15) is 0 Å². The highest BCUT2D eigenvalue weighted by atomic mass is 32.2. The number of rotatable bonds is 4. The lowest BCUT2D eigenvalue weighted by atomic mass is 9.77. The van der Waals surface area contributed by atoms with Crippen molar-refractivity contribution in [3.05, 3.63) is 0 Å². The zero-order valence-corrected chi connectivity index (χ0v) is 13.8. The Morgan fingerprint density at radius 1 is 1.22 bits per heavy atom. The second-order valence-corrected chi connectivity index (χ2v) is 8.63. The summed E-state index contributed by atoms with van der Waals surface area (Å²) in [7, 11) is 2.19. The summed E-state index contributed by atoms with van der Waals surface area (Å²) in [5.41, 5.74) is 0. The Labute approximate surface area is 122 Å². The predicted octanol–water partition coefficient (Wildman–Crippen LogP) is 4.03. The normalized spacial score (nSPS) is 39.5. The standard InChI is InChI=1S/C15H29NS2/c1-4-13-15(18-9-8-17-13)14(16-3)12-7-5-6-11(2)10-12/h11-16H,4-10H2,1-3H3. The highest BCUT2D eigenvalue weighted by Gasteiger charge is 2.36. The monoisotopic (exact) mass is 287 g/mol. The van der Waals surface area contributed by atoms with Crippen LogP contribution in [0.15, 0.2) is 0 Å². The van der Waals surface area contributed by atoms with Gasteiger partial charge in [-0.1, -0.05) is 26.7 Å². The van der Waals surface area contributed by atoms with Gasteiger partial charge in [-0.3, -0.25) is 0 Å². The first kappa shape index (κ1) is 15.1. The summed E-state index contributed by atoms with van der Waals surface area (Å²) in [6.07, 6.45) is 7.14. The van der Waals surface area contributed by atoms with Crippen LogP contribution in [0.1, 0.15) is 46.0 Å². The van der Waals surface area contributed by atoms with Gasteiger partial charge in [-0.05, 0) is 38.1 Å². The van der Waals surface area contributed by atoms with Gasteiger partial charge in [0.25, 0.3) is 0 Å². The minimum atomic E-state index is 0.746. The summed E-state index contributed by atoms with van der Waals surface area (Å²) in [6.45, 7) is 4.81. The molecule has 1 aliphatic heterocycles. The Bertz CT molecular complexity index is 247. The van der Waals surface area contributed by atoms with Gasteiger partial charge < -0.3 is 5.32 Å². The van der Waals surface area contributed by atoms with Crippen LogP contribution in [-0.4, -0.2) is 35.1 Å². The summed E-state index contributed by atoms with van der Waals surface area (Å²) in [4.78, 5) is 0. The van der Waals surface area contributed by atoms with Crippen LogP contribution in [0.3, 0.4) is 0 Å². The first-order chi connectivity index (χ1) is 8.76. The van der Waals surface area contributed by atoms with Gasteiger partial charge in [-0.2, -0.15) is 23.5 Å². The van der Waals surface area contributed by atoms with E-state index in [4.69, 9.17) is 0 Å². The quantitative estimate of drug-likeness (QED) is 0.838. The topological polar surface area (TPSA) is 12.0 Å². The lowest BCUT2D eigenvalue weighted by Crippen LogP contribution is -2.49. The van der Waals surface area contributed by atoms with Crippen LogP contribution >= 0.6 is 23.5 Å². The molecule has 2 fully saturated rings. The zero-order chi connectivity index (χ0) is 13.0. The van der Waals surface area contributed by atoms with Crippen molar-refractivity contribution < 1.29 is 0 Å². The maximum absolute atomic E-state index is 3.69. The van der Waals surface area contributed by atoms with Gasteiger partial charge in [0.05, 0.1) is 0 Å². The molecule has 0 aromatic carbocycles. The highest BCUT2D eigenvalue weighted by Crippen LogP contribution is 2.40. The molecule has 2 aliphatic rings. The molecule has 0 spiro atoms. The summed E-state index contributed by atoms with van der Waals surface area (Å²) in [6, 6.07) is 0.746. The molecule has 18 heavy (non-hydrogen) atoms. The maximum atomic E-state index is 3.69. The van der Waals surface area contributed by atoms with Crippen LogP contribution in [0.2, 0.25) is 0 Å². The van der Waals surface area contributed by atoms with Crippen molar-refractivity contribution in [2.45, 2.75) is 62.5 Å². The Morgan fingerprint density at radius 3 is 2.67 bits per heavy atom. The number of hydrogen-bond donors (Lipinski definition) is 1. The lowest BCUT2D eigenvalue weighted by molar-refractivity contribution is 0.223. The zero-order valence-electron chi connectivity index (χ0n) is 12.2. The molecule has 5 atom stereocenters. The van der Waals surface area contributed by atoms with Crippen LogP contribution in [-0.2, 0) is 0 Å². The smallest absolute Gasteiger partial charge is 0.0322 e. The van der Waals surface area contributed by atoms with E-state index in [1.54, 1.807) is 0 Å². The molecular formula is C15H29NS2.